The second kappa shape index (κ2) is 4.77. The van der Waals surface area contributed by atoms with Gasteiger partial charge in [0.25, 0.3) is 0 Å². The topological polar surface area (TPSA) is 39.2 Å². The van der Waals surface area contributed by atoms with Crippen molar-refractivity contribution >= 4 is 17.3 Å². The van der Waals surface area contributed by atoms with Crippen LogP contribution >= 0.6 is 11.3 Å². The lowest BCUT2D eigenvalue weighted by Crippen LogP contribution is -2.01. The quantitative estimate of drug-likeness (QED) is 0.789. The average molecular weight is 273 g/mol. The van der Waals surface area contributed by atoms with Crippen LogP contribution in [0.25, 0.3) is 10.6 Å². The molecule has 0 saturated carbocycles. The van der Waals surface area contributed by atoms with Crippen LogP contribution in [0.4, 0.5) is 13.2 Å². The molecule has 1 aromatic carbocycles. The summed E-state index contributed by atoms with van der Waals surface area (Å²) in [5, 5.41) is 1.26. The van der Waals surface area contributed by atoms with E-state index < -0.39 is 29.0 Å². The maximum atomic E-state index is 13.5. The van der Waals surface area contributed by atoms with Crippen LogP contribution in [0.1, 0.15) is 10.5 Å². The summed E-state index contributed by atoms with van der Waals surface area (Å²) in [5.74, 6) is -3.87. The third-order valence-corrected chi connectivity index (χ3v) is 2.98. The first-order valence-electron chi connectivity index (χ1n) is 4.71. The van der Waals surface area contributed by atoms with Crippen LogP contribution in [0.15, 0.2) is 17.5 Å². The Hall–Kier alpha value is -1.89. The number of carbonyl (C=O) groups excluding carboxylic acids is 1. The number of hydrogen-bond acceptors (Lipinski definition) is 4. The lowest BCUT2D eigenvalue weighted by Gasteiger charge is -2.01. The van der Waals surface area contributed by atoms with E-state index in [0.29, 0.717) is 12.1 Å². The zero-order chi connectivity index (χ0) is 13.3. The van der Waals surface area contributed by atoms with Gasteiger partial charge in [0.15, 0.2) is 5.69 Å². The third-order valence-electron chi connectivity index (χ3n) is 2.12. The molecule has 0 aliphatic rings. The van der Waals surface area contributed by atoms with Crippen LogP contribution < -0.4 is 0 Å². The van der Waals surface area contributed by atoms with E-state index in [9.17, 15) is 18.0 Å². The molecule has 2 aromatic rings. The minimum absolute atomic E-state index is 0.0506. The van der Waals surface area contributed by atoms with Crippen LogP contribution in [0.5, 0.6) is 0 Å². The van der Waals surface area contributed by atoms with E-state index in [-0.39, 0.29) is 10.7 Å². The Kier molecular flexibility index (Phi) is 3.33. The fourth-order valence-electron chi connectivity index (χ4n) is 1.33. The summed E-state index contributed by atoms with van der Waals surface area (Å²) >= 11 is 0.866. The van der Waals surface area contributed by atoms with Crippen molar-refractivity contribution in [3.8, 4) is 10.6 Å². The number of ether oxygens (including phenoxy) is 1. The standard InChI is InChI=1S/C11H6F3NO2S/c1-17-11(16)8-4-18-10(15-8)9-6(13)2-5(12)3-7(9)14/h2-4H,1H3. The zero-order valence-electron chi connectivity index (χ0n) is 9.04. The molecule has 0 atom stereocenters. The van der Waals surface area contributed by atoms with E-state index in [4.69, 9.17) is 0 Å². The monoisotopic (exact) mass is 273 g/mol. The first-order valence-corrected chi connectivity index (χ1v) is 5.59. The third kappa shape index (κ3) is 2.21. The number of esters is 1. The number of rotatable bonds is 2. The molecule has 3 nitrogen and oxygen atoms in total. The number of aromatic nitrogens is 1. The molecular weight excluding hydrogens is 267 g/mol. The Morgan fingerprint density at radius 3 is 2.44 bits per heavy atom. The van der Waals surface area contributed by atoms with Gasteiger partial charge >= 0.3 is 5.97 Å². The molecule has 1 heterocycles. The lowest BCUT2D eigenvalue weighted by molar-refractivity contribution is 0.0595. The van der Waals surface area contributed by atoms with Gasteiger partial charge in [0.2, 0.25) is 0 Å². The maximum absolute atomic E-state index is 13.5. The van der Waals surface area contributed by atoms with Crippen LogP contribution in [0.3, 0.4) is 0 Å². The molecule has 0 bridgehead atoms. The van der Waals surface area contributed by atoms with Gasteiger partial charge in [-0.1, -0.05) is 0 Å². The minimum Gasteiger partial charge on any atom is -0.464 e. The highest BCUT2D eigenvalue weighted by Gasteiger charge is 2.19. The number of carbonyl (C=O) groups is 1. The molecule has 0 radical (unpaired) electrons. The minimum atomic E-state index is -1.07. The number of thiazole rings is 1. The number of methoxy groups -OCH3 is 1. The highest BCUT2D eigenvalue weighted by Crippen LogP contribution is 2.29. The molecule has 0 aliphatic heterocycles. The molecule has 0 aliphatic carbocycles. The molecule has 0 unspecified atom stereocenters. The second-order valence-electron chi connectivity index (χ2n) is 3.27. The Morgan fingerprint density at radius 1 is 1.28 bits per heavy atom. The van der Waals surface area contributed by atoms with Gasteiger partial charge in [-0.2, -0.15) is 0 Å². The molecule has 0 N–H and O–H groups in total. The van der Waals surface area contributed by atoms with Crippen molar-refractivity contribution in [1.82, 2.24) is 4.98 Å². The van der Waals surface area contributed by atoms with Crippen molar-refractivity contribution in [1.29, 1.82) is 0 Å². The Labute approximate surface area is 104 Å². The van der Waals surface area contributed by atoms with Gasteiger partial charge in [0, 0.05) is 17.5 Å². The van der Waals surface area contributed by atoms with Crippen LogP contribution in [0, 0.1) is 17.5 Å². The van der Waals surface area contributed by atoms with Crippen LogP contribution in [-0.2, 0) is 4.74 Å². The first-order chi connectivity index (χ1) is 8.52. The smallest absolute Gasteiger partial charge is 0.357 e. The lowest BCUT2D eigenvalue weighted by atomic mass is 10.2. The average Bonchev–Trinajstić information content (AvgIpc) is 2.76. The fraction of sp³-hybridized carbons (Fsp3) is 0.0909. The summed E-state index contributed by atoms with van der Waals surface area (Å²) in [6, 6.07) is 1.11. The number of halogens is 3. The molecule has 18 heavy (non-hydrogen) atoms. The SMILES string of the molecule is COC(=O)c1csc(-c2c(F)cc(F)cc2F)n1. The molecule has 2 rings (SSSR count). The van der Waals surface area contributed by atoms with Crippen molar-refractivity contribution < 1.29 is 22.7 Å². The van der Waals surface area contributed by atoms with E-state index in [1.165, 1.54) is 12.5 Å². The first kappa shape index (κ1) is 12.6. The van der Waals surface area contributed by atoms with Crippen molar-refractivity contribution in [2.75, 3.05) is 7.11 Å². The van der Waals surface area contributed by atoms with Gasteiger partial charge in [-0.05, 0) is 0 Å². The number of benzene rings is 1. The summed E-state index contributed by atoms with van der Waals surface area (Å²) in [7, 11) is 1.17. The predicted octanol–water partition coefficient (Wildman–Crippen LogP) is 3.01. The Balaban J connectivity index is 2.49. The molecule has 0 fully saturated rings. The molecule has 1 aromatic heterocycles. The number of nitrogens with zero attached hydrogens (tertiary/aromatic N) is 1. The fourth-order valence-corrected chi connectivity index (χ4v) is 2.17. The largest absolute Gasteiger partial charge is 0.464 e. The van der Waals surface area contributed by atoms with Gasteiger partial charge in [0.05, 0.1) is 12.7 Å². The molecule has 0 spiro atoms. The van der Waals surface area contributed by atoms with E-state index in [0.717, 1.165) is 11.3 Å². The molecule has 94 valence electrons. The van der Waals surface area contributed by atoms with Gasteiger partial charge in [-0.15, -0.1) is 11.3 Å². The Morgan fingerprint density at radius 2 is 1.89 bits per heavy atom. The van der Waals surface area contributed by atoms with Gasteiger partial charge < -0.3 is 4.74 Å². The summed E-state index contributed by atoms with van der Waals surface area (Å²) in [5.41, 5.74) is -0.517. The highest BCUT2D eigenvalue weighted by atomic mass is 32.1. The van der Waals surface area contributed by atoms with Crippen LogP contribution in [0.2, 0.25) is 0 Å². The summed E-state index contributed by atoms with van der Waals surface area (Å²) < 4.78 is 44.1. The Bertz CT molecular complexity index is 589. The summed E-state index contributed by atoms with van der Waals surface area (Å²) in [4.78, 5) is 14.9. The van der Waals surface area contributed by atoms with Gasteiger partial charge in [-0.3, -0.25) is 0 Å². The van der Waals surface area contributed by atoms with Crippen LogP contribution in [-0.4, -0.2) is 18.1 Å². The maximum Gasteiger partial charge on any atom is 0.357 e. The molecular formula is C11H6F3NO2S. The molecule has 7 heteroatoms. The van der Waals surface area contributed by atoms with E-state index >= 15 is 0 Å². The highest BCUT2D eigenvalue weighted by molar-refractivity contribution is 7.13. The summed E-state index contributed by atoms with van der Waals surface area (Å²) in [6.07, 6.45) is 0. The van der Waals surface area contributed by atoms with Crippen molar-refractivity contribution in [2.45, 2.75) is 0 Å². The van der Waals surface area contributed by atoms with E-state index in [2.05, 4.69) is 9.72 Å². The zero-order valence-corrected chi connectivity index (χ0v) is 9.85. The number of hydrogen-bond donors (Lipinski definition) is 0. The van der Waals surface area contributed by atoms with E-state index in [1.54, 1.807) is 0 Å². The molecule has 0 saturated heterocycles. The normalized spacial score (nSPS) is 10.4. The van der Waals surface area contributed by atoms with Crippen molar-refractivity contribution in [3.05, 3.63) is 40.7 Å². The van der Waals surface area contributed by atoms with Gasteiger partial charge in [0.1, 0.15) is 22.5 Å². The predicted molar refractivity (Wildman–Crippen MR) is 58.8 cm³/mol. The van der Waals surface area contributed by atoms with E-state index in [1.807, 2.05) is 0 Å². The molecule has 0 amide bonds. The van der Waals surface area contributed by atoms with Crippen molar-refractivity contribution in [2.24, 2.45) is 0 Å². The second-order valence-corrected chi connectivity index (χ2v) is 4.13. The van der Waals surface area contributed by atoms with Gasteiger partial charge in [-0.25, -0.2) is 22.9 Å². The van der Waals surface area contributed by atoms with Crippen molar-refractivity contribution in [3.63, 3.8) is 0 Å². The summed E-state index contributed by atoms with van der Waals surface area (Å²) in [6.45, 7) is 0.